The smallest absolute Gasteiger partial charge is 0.257 e. The van der Waals surface area contributed by atoms with Gasteiger partial charge in [0.1, 0.15) is 24.0 Å². The van der Waals surface area contributed by atoms with Crippen molar-refractivity contribution in [3.05, 3.63) is 89.1 Å². The summed E-state index contributed by atoms with van der Waals surface area (Å²) in [5.41, 5.74) is 9.46. The van der Waals surface area contributed by atoms with Crippen molar-refractivity contribution in [1.82, 2.24) is 24.6 Å². The minimum atomic E-state index is -0.669. The first-order chi connectivity index (χ1) is 17.9. The van der Waals surface area contributed by atoms with E-state index in [0.717, 1.165) is 16.7 Å². The third-order valence-corrected chi connectivity index (χ3v) is 6.60. The summed E-state index contributed by atoms with van der Waals surface area (Å²) in [4.78, 5) is 23.4. The highest BCUT2D eigenvalue weighted by atomic mass is 19.1. The maximum atomic E-state index is 15.1. The normalized spacial score (nSPS) is 14.2. The Kier molecular flexibility index (Phi) is 5.23. The maximum Gasteiger partial charge on any atom is 0.257 e. The van der Waals surface area contributed by atoms with Crippen LogP contribution in [0.4, 0.5) is 10.2 Å². The van der Waals surface area contributed by atoms with Gasteiger partial charge in [0.2, 0.25) is 0 Å². The quantitative estimate of drug-likeness (QED) is 0.376. The zero-order chi connectivity index (χ0) is 25.7. The second kappa shape index (κ2) is 8.60. The number of benzene rings is 2. The van der Waals surface area contributed by atoms with Gasteiger partial charge in [-0.1, -0.05) is 17.9 Å². The molecule has 2 N–H and O–H groups in total. The molecule has 4 heterocycles. The number of aryl methyl sites for hydroxylation is 1. The number of halogens is 1. The molecule has 1 aliphatic rings. The van der Waals surface area contributed by atoms with Gasteiger partial charge < -0.3 is 15.4 Å². The van der Waals surface area contributed by atoms with E-state index in [9.17, 15) is 4.79 Å². The zero-order valence-electron chi connectivity index (χ0n) is 20.1. The van der Waals surface area contributed by atoms with Crippen LogP contribution in [0.5, 0.6) is 5.75 Å². The van der Waals surface area contributed by atoms with Crippen molar-refractivity contribution >= 4 is 33.5 Å². The Morgan fingerprint density at radius 2 is 2.00 bits per heavy atom. The summed E-state index contributed by atoms with van der Waals surface area (Å²) in [6.07, 6.45) is 5.00. The fourth-order valence-electron chi connectivity index (χ4n) is 4.65. The van der Waals surface area contributed by atoms with Crippen LogP contribution in [0.15, 0.2) is 61.1 Å². The number of aromatic nitrogens is 4. The Morgan fingerprint density at radius 3 is 2.81 bits per heavy atom. The number of carbonyl (C=O) groups excluding carboxylic acids is 1. The number of anilines is 1. The van der Waals surface area contributed by atoms with Crippen molar-refractivity contribution < 1.29 is 13.9 Å². The average Bonchev–Trinajstić information content (AvgIpc) is 3.51. The van der Waals surface area contributed by atoms with Crippen LogP contribution >= 0.6 is 0 Å². The number of nitrogen functional groups attached to an aromatic ring is 1. The van der Waals surface area contributed by atoms with Crippen LogP contribution in [-0.4, -0.2) is 44.2 Å². The first-order valence-corrected chi connectivity index (χ1v) is 11.6. The first kappa shape index (κ1) is 22.5. The molecule has 1 atom stereocenters. The van der Waals surface area contributed by atoms with E-state index in [4.69, 9.17) is 10.5 Å². The van der Waals surface area contributed by atoms with Crippen LogP contribution in [0.3, 0.4) is 0 Å². The molecule has 5 aromatic rings. The number of hydrogen-bond acceptors (Lipinski definition) is 6. The molecule has 0 spiro atoms. The summed E-state index contributed by atoms with van der Waals surface area (Å²) in [6.45, 7) is 0.260. The van der Waals surface area contributed by atoms with Gasteiger partial charge in [-0.05, 0) is 30.3 Å². The van der Waals surface area contributed by atoms with Crippen LogP contribution in [-0.2, 0) is 7.05 Å². The number of hydrogen-bond donors (Lipinski definition) is 1. The molecule has 0 aliphatic carbocycles. The SMILES string of the molecule is CN(C(=O)c1cc2c(cc1F)nc(N)c1cnn(C)c12)[C@@H]1COc2cc(C#Cc3cccnc3)ccc21. The van der Waals surface area contributed by atoms with E-state index in [-0.39, 0.29) is 24.0 Å². The molecule has 3 aromatic heterocycles. The van der Waals surface area contributed by atoms with E-state index in [1.807, 2.05) is 30.3 Å². The van der Waals surface area contributed by atoms with E-state index in [1.54, 1.807) is 37.4 Å². The number of carbonyl (C=O) groups is 1. The van der Waals surface area contributed by atoms with Crippen molar-refractivity contribution in [1.29, 1.82) is 0 Å². The fourth-order valence-corrected chi connectivity index (χ4v) is 4.65. The Bertz CT molecular complexity index is 1770. The molecular formula is C28H21FN6O2. The minimum Gasteiger partial charge on any atom is -0.491 e. The van der Waals surface area contributed by atoms with Gasteiger partial charge in [-0.25, -0.2) is 9.37 Å². The molecule has 2 aromatic carbocycles. The highest BCUT2D eigenvalue weighted by Gasteiger charge is 2.32. The number of nitrogens with two attached hydrogens (primary N) is 1. The Morgan fingerprint density at radius 1 is 1.16 bits per heavy atom. The number of likely N-dealkylation sites (N-methyl/N-ethyl adjacent to an activating group) is 1. The zero-order valence-corrected chi connectivity index (χ0v) is 20.1. The van der Waals surface area contributed by atoms with Gasteiger partial charge in [0, 0.05) is 54.6 Å². The van der Waals surface area contributed by atoms with Crippen LogP contribution < -0.4 is 10.5 Å². The molecule has 1 aliphatic heterocycles. The van der Waals surface area contributed by atoms with Gasteiger partial charge in [-0.15, -0.1) is 0 Å². The summed E-state index contributed by atoms with van der Waals surface area (Å²) in [5, 5.41) is 5.49. The van der Waals surface area contributed by atoms with Crippen LogP contribution in [0.1, 0.15) is 33.1 Å². The van der Waals surface area contributed by atoms with Crippen molar-refractivity contribution in [3.8, 4) is 17.6 Å². The van der Waals surface area contributed by atoms with E-state index < -0.39 is 11.7 Å². The molecule has 0 radical (unpaired) electrons. The number of fused-ring (bicyclic) bond motifs is 4. The van der Waals surface area contributed by atoms with Crippen LogP contribution in [0, 0.1) is 17.7 Å². The van der Waals surface area contributed by atoms with Crippen molar-refractivity contribution in [3.63, 3.8) is 0 Å². The lowest BCUT2D eigenvalue weighted by molar-refractivity contribution is 0.0704. The standard InChI is InChI=1S/C28H21FN6O2/c1-34(24-15-37-25-10-16(7-8-18(24)25)5-6-17-4-3-9-31-13-17)28(36)19-11-20-23(12-22(19)29)33-27(30)21-14-32-35(2)26(20)21/h3-4,7-14,24H,15H2,1-2H3,(H2,30,33)/t24-/m1/s1. The van der Waals surface area contributed by atoms with Crippen molar-refractivity contribution in [2.45, 2.75) is 6.04 Å². The topological polar surface area (TPSA) is 99.2 Å². The molecule has 37 heavy (non-hydrogen) atoms. The summed E-state index contributed by atoms with van der Waals surface area (Å²) in [6, 6.07) is 11.7. The number of nitrogens with zero attached hydrogens (tertiary/aromatic N) is 5. The van der Waals surface area contributed by atoms with E-state index >= 15 is 4.39 Å². The summed E-state index contributed by atoms with van der Waals surface area (Å²) >= 11 is 0. The number of pyridine rings is 2. The Hall–Kier alpha value is -4.97. The second-order valence-corrected chi connectivity index (χ2v) is 8.86. The molecule has 6 rings (SSSR count). The maximum absolute atomic E-state index is 15.1. The van der Waals surface area contributed by atoms with Crippen LogP contribution in [0.25, 0.3) is 21.8 Å². The van der Waals surface area contributed by atoms with E-state index in [1.165, 1.54) is 17.0 Å². The summed E-state index contributed by atoms with van der Waals surface area (Å²) < 4.78 is 22.7. The van der Waals surface area contributed by atoms with Crippen molar-refractivity contribution in [2.75, 3.05) is 19.4 Å². The number of amides is 1. The van der Waals surface area contributed by atoms with E-state index in [0.29, 0.717) is 27.6 Å². The minimum absolute atomic E-state index is 0.0588. The van der Waals surface area contributed by atoms with Gasteiger partial charge in [-0.3, -0.25) is 14.5 Å². The first-order valence-electron chi connectivity index (χ1n) is 11.6. The predicted molar refractivity (Wildman–Crippen MR) is 137 cm³/mol. The monoisotopic (exact) mass is 492 g/mol. The molecule has 1 amide bonds. The lowest BCUT2D eigenvalue weighted by Gasteiger charge is -2.24. The lowest BCUT2D eigenvalue weighted by Crippen LogP contribution is -2.32. The van der Waals surface area contributed by atoms with Crippen LogP contribution in [0.2, 0.25) is 0 Å². The van der Waals surface area contributed by atoms with Gasteiger partial charge in [0.15, 0.2) is 0 Å². The number of rotatable bonds is 2. The average molecular weight is 493 g/mol. The Labute approximate surface area is 211 Å². The highest BCUT2D eigenvalue weighted by molar-refractivity contribution is 6.10. The molecule has 0 saturated carbocycles. The number of ether oxygens (including phenoxy) is 1. The molecule has 0 saturated heterocycles. The molecule has 182 valence electrons. The lowest BCUT2D eigenvalue weighted by atomic mass is 10.0. The van der Waals surface area contributed by atoms with Gasteiger partial charge in [0.05, 0.1) is 34.2 Å². The Balaban J connectivity index is 1.32. The molecule has 0 fully saturated rings. The molecular weight excluding hydrogens is 471 g/mol. The summed E-state index contributed by atoms with van der Waals surface area (Å²) in [7, 11) is 3.41. The molecule has 8 nitrogen and oxygen atoms in total. The fraction of sp³-hybridized carbons (Fsp3) is 0.143. The van der Waals surface area contributed by atoms with Gasteiger partial charge >= 0.3 is 0 Å². The third kappa shape index (κ3) is 3.79. The largest absolute Gasteiger partial charge is 0.491 e. The third-order valence-electron chi connectivity index (χ3n) is 6.60. The van der Waals surface area contributed by atoms with E-state index in [2.05, 4.69) is 26.9 Å². The van der Waals surface area contributed by atoms with Crippen molar-refractivity contribution in [2.24, 2.45) is 7.05 Å². The highest BCUT2D eigenvalue weighted by Crippen LogP contribution is 2.37. The van der Waals surface area contributed by atoms with Gasteiger partial charge in [0.25, 0.3) is 5.91 Å². The van der Waals surface area contributed by atoms with Gasteiger partial charge in [-0.2, -0.15) is 5.10 Å². The second-order valence-electron chi connectivity index (χ2n) is 8.86. The molecule has 9 heteroatoms. The predicted octanol–water partition coefficient (Wildman–Crippen LogP) is 3.84. The molecule has 0 unspecified atom stereocenters. The molecule has 0 bridgehead atoms. The summed E-state index contributed by atoms with van der Waals surface area (Å²) in [5.74, 6) is 5.96.